The summed E-state index contributed by atoms with van der Waals surface area (Å²) < 4.78 is 0. The average molecular weight is 300 g/mol. The summed E-state index contributed by atoms with van der Waals surface area (Å²) in [5.41, 5.74) is 0.924. The highest BCUT2D eigenvalue weighted by Gasteiger charge is 2.10. The number of rotatable bonds is 3. The molecular weight excluding hydrogens is 289 g/mol. The predicted octanol–water partition coefficient (Wildman–Crippen LogP) is 4.47. The van der Waals surface area contributed by atoms with Crippen molar-refractivity contribution in [2.75, 3.05) is 6.54 Å². The van der Waals surface area contributed by atoms with Gasteiger partial charge in [0.25, 0.3) is 5.91 Å². The molecule has 1 heterocycles. The highest BCUT2D eigenvalue weighted by atomic mass is 35.5. The van der Waals surface area contributed by atoms with E-state index < -0.39 is 0 Å². The molecule has 0 aliphatic heterocycles. The molecular formula is C13H11Cl2NOS. The van der Waals surface area contributed by atoms with Gasteiger partial charge >= 0.3 is 0 Å². The van der Waals surface area contributed by atoms with Gasteiger partial charge in [-0.05, 0) is 42.8 Å². The van der Waals surface area contributed by atoms with E-state index >= 15 is 0 Å². The van der Waals surface area contributed by atoms with Gasteiger partial charge in [0.15, 0.2) is 0 Å². The lowest BCUT2D eigenvalue weighted by Crippen LogP contribution is -2.21. The van der Waals surface area contributed by atoms with E-state index in [0.717, 1.165) is 10.4 Å². The van der Waals surface area contributed by atoms with Gasteiger partial charge in [-0.3, -0.25) is 4.79 Å². The minimum Gasteiger partial charge on any atom is -0.352 e. The smallest absolute Gasteiger partial charge is 0.261 e. The third kappa shape index (κ3) is 3.05. The van der Waals surface area contributed by atoms with Crippen LogP contribution in [0.25, 0.3) is 10.4 Å². The standard InChI is InChI=1S/C13H11Cl2NOS/c1-2-16-13(17)12-4-3-11(18-12)8-5-9(14)7-10(15)6-8/h3-7H,2H2,1H3,(H,16,17). The van der Waals surface area contributed by atoms with Gasteiger partial charge in [-0.1, -0.05) is 23.2 Å². The maximum absolute atomic E-state index is 11.7. The van der Waals surface area contributed by atoms with Crippen LogP contribution in [0.3, 0.4) is 0 Å². The average Bonchev–Trinajstić information content (AvgIpc) is 2.77. The third-order valence-electron chi connectivity index (χ3n) is 2.31. The summed E-state index contributed by atoms with van der Waals surface area (Å²) in [5, 5.41) is 3.95. The van der Waals surface area contributed by atoms with Gasteiger partial charge < -0.3 is 5.32 Å². The Bertz CT molecular complexity index is 560. The predicted molar refractivity (Wildman–Crippen MR) is 77.8 cm³/mol. The quantitative estimate of drug-likeness (QED) is 0.890. The van der Waals surface area contributed by atoms with Crippen LogP contribution in [0.2, 0.25) is 10.0 Å². The lowest BCUT2D eigenvalue weighted by molar-refractivity contribution is 0.0960. The number of carbonyl (C=O) groups excluding carboxylic acids is 1. The van der Waals surface area contributed by atoms with Crippen LogP contribution in [-0.2, 0) is 0 Å². The number of halogens is 2. The van der Waals surface area contributed by atoms with Crippen LogP contribution in [-0.4, -0.2) is 12.5 Å². The molecule has 2 rings (SSSR count). The van der Waals surface area contributed by atoms with E-state index in [1.165, 1.54) is 11.3 Å². The number of carbonyl (C=O) groups is 1. The van der Waals surface area contributed by atoms with Crippen LogP contribution >= 0.6 is 34.5 Å². The minimum atomic E-state index is -0.0538. The van der Waals surface area contributed by atoms with E-state index in [0.29, 0.717) is 21.5 Å². The Hall–Kier alpha value is -1.03. The molecule has 1 amide bonds. The molecule has 94 valence electrons. The van der Waals surface area contributed by atoms with Crippen LogP contribution in [0.4, 0.5) is 0 Å². The molecule has 1 aromatic heterocycles. The van der Waals surface area contributed by atoms with E-state index in [4.69, 9.17) is 23.2 Å². The lowest BCUT2D eigenvalue weighted by Gasteiger charge is -2.00. The Morgan fingerprint density at radius 2 is 1.89 bits per heavy atom. The van der Waals surface area contributed by atoms with E-state index in [2.05, 4.69) is 5.32 Å². The second-order valence-corrected chi connectivity index (χ2v) is 5.64. The molecule has 0 spiro atoms. The number of hydrogen-bond acceptors (Lipinski definition) is 2. The van der Waals surface area contributed by atoms with Crippen LogP contribution in [0.15, 0.2) is 30.3 Å². The second-order valence-electron chi connectivity index (χ2n) is 3.68. The van der Waals surface area contributed by atoms with Crippen molar-refractivity contribution in [3.63, 3.8) is 0 Å². The van der Waals surface area contributed by atoms with E-state index in [-0.39, 0.29) is 5.91 Å². The number of hydrogen-bond donors (Lipinski definition) is 1. The fourth-order valence-corrected chi connectivity index (χ4v) is 2.99. The zero-order valence-corrected chi connectivity index (χ0v) is 12.0. The molecule has 0 radical (unpaired) electrons. The van der Waals surface area contributed by atoms with Gasteiger partial charge in [-0.25, -0.2) is 0 Å². The maximum atomic E-state index is 11.7. The maximum Gasteiger partial charge on any atom is 0.261 e. The Morgan fingerprint density at radius 3 is 2.50 bits per heavy atom. The second kappa shape index (κ2) is 5.74. The molecule has 18 heavy (non-hydrogen) atoms. The van der Waals surface area contributed by atoms with Crippen molar-refractivity contribution in [3.8, 4) is 10.4 Å². The van der Waals surface area contributed by atoms with Gasteiger partial charge in [0, 0.05) is 21.5 Å². The minimum absolute atomic E-state index is 0.0538. The number of thiophene rings is 1. The molecule has 0 atom stereocenters. The van der Waals surface area contributed by atoms with Crippen LogP contribution < -0.4 is 5.32 Å². The molecule has 1 N–H and O–H groups in total. The molecule has 0 bridgehead atoms. The molecule has 0 aliphatic carbocycles. The summed E-state index contributed by atoms with van der Waals surface area (Å²) in [6, 6.07) is 9.06. The monoisotopic (exact) mass is 299 g/mol. The van der Waals surface area contributed by atoms with E-state index in [9.17, 15) is 4.79 Å². The van der Waals surface area contributed by atoms with Crippen molar-refractivity contribution in [2.24, 2.45) is 0 Å². The number of amides is 1. The first-order valence-electron chi connectivity index (χ1n) is 5.44. The summed E-state index contributed by atoms with van der Waals surface area (Å²) in [7, 11) is 0. The Morgan fingerprint density at radius 1 is 1.22 bits per heavy atom. The van der Waals surface area contributed by atoms with Gasteiger partial charge in [-0.15, -0.1) is 11.3 Å². The molecule has 1 aromatic carbocycles. The fraction of sp³-hybridized carbons (Fsp3) is 0.154. The molecule has 0 unspecified atom stereocenters. The topological polar surface area (TPSA) is 29.1 Å². The molecule has 2 aromatic rings. The van der Waals surface area contributed by atoms with Crippen LogP contribution in [0, 0.1) is 0 Å². The fourth-order valence-electron chi connectivity index (χ4n) is 1.56. The van der Waals surface area contributed by atoms with Gasteiger partial charge in [0.2, 0.25) is 0 Å². The van der Waals surface area contributed by atoms with E-state index in [1.54, 1.807) is 12.1 Å². The third-order valence-corrected chi connectivity index (χ3v) is 3.88. The van der Waals surface area contributed by atoms with Gasteiger partial charge in [0.05, 0.1) is 4.88 Å². The number of nitrogens with one attached hydrogen (secondary N) is 1. The van der Waals surface area contributed by atoms with Crippen molar-refractivity contribution in [3.05, 3.63) is 45.3 Å². The summed E-state index contributed by atoms with van der Waals surface area (Å²) in [6.07, 6.45) is 0. The zero-order chi connectivity index (χ0) is 13.1. The SMILES string of the molecule is CCNC(=O)c1ccc(-c2cc(Cl)cc(Cl)c2)s1. The molecule has 2 nitrogen and oxygen atoms in total. The largest absolute Gasteiger partial charge is 0.352 e. The Kier molecular flexibility index (Phi) is 4.27. The van der Waals surface area contributed by atoms with Crippen LogP contribution in [0.1, 0.15) is 16.6 Å². The first-order chi connectivity index (χ1) is 8.60. The summed E-state index contributed by atoms with van der Waals surface area (Å²) in [4.78, 5) is 13.3. The zero-order valence-electron chi connectivity index (χ0n) is 9.67. The lowest BCUT2D eigenvalue weighted by atomic mass is 10.2. The normalized spacial score (nSPS) is 10.4. The summed E-state index contributed by atoms with van der Waals surface area (Å²) in [6.45, 7) is 2.51. The molecule has 0 saturated carbocycles. The number of benzene rings is 1. The molecule has 0 aliphatic rings. The first kappa shape index (κ1) is 13.4. The van der Waals surface area contributed by atoms with Crippen molar-refractivity contribution in [1.29, 1.82) is 0 Å². The Balaban J connectivity index is 2.32. The summed E-state index contributed by atoms with van der Waals surface area (Å²) in [5.74, 6) is -0.0538. The Labute approximate surface area is 120 Å². The van der Waals surface area contributed by atoms with Crippen molar-refractivity contribution in [2.45, 2.75) is 6.92 Å². The molecule has 5 heteroatoms. The molecule has 0 fully saturated rings. The molecule has 0 saturated heterocycles. The first-order valence-corrected chi connectivity index (χ1v) is 7.02. The summed E-state index contributed by atoms with van der Waals surface area (Å²) >= 11 is 13.3. The van der Waals surface area contributed by atoms with Crippen molar-refractivity contribution < 1.29 is 4.79 Å². The van der Waals surface area contributed by atoms with Crippen molar-refractivity contribution in [1.82, 2.24) is 5.32 Å². The van der Waals surface area contributed by atoms with Gasteiger partial charge in [0.1, 0.15) is 0 Å². The highest BCUT2D eigenvalue weighted by Crippen LogP contribution is 2.32. The van der Waals surface area contributed by atoms with Gasteiger partial charge in [-0.2, -0.15) is 0 Å². The van der Waals surface area contributed by atoms with E-state index in [1.807, 2.05) is 25.1 Å². The highest BCUT2D eigenvalue weighted by molar-refractivity contribution is 7.17. The van der Waals surface area contributed by atoms with Crippen molar-refractivity contribution >= 4 is 40.4 Å². The van der Waals surface area contributed by atoms with Crippen LogP contribution in [0.5, 0.6) is 0 Å².